The molecule has 10 aromatic rings. The fourth-order valence-corrected chi connectivity index (χ4v) is 8.56. The van der Waals surface area contributed by atoms with Crippen molar-refractivity contribution in [3.05, 3.63) is 145 Å². The van der Waals surface area contributed by atoms with Gasteiger partial charge in [-0.2, -0.15) is 0 Å². The van der Waals surface area contributed by atoms with E-state index in [4.69, 9.17) is 0 Å². The summed E-state index contributed by atoms with van der Waals surface area (Å²) in [7, 11) is 2.41. The topological polar surface area (TPSA) is 21.4 Å². The van der Waals surface area contributed by atoms with E-state index >= 15 is 0 Å². The summed E-state index contributed by atoms with van der Waals surface area (Å²) >= 11 is 0. The first-order chi connectivity index (χ1) is 23.6. The Kier molecular flexibility index (Phi) is 5.06. The molecule has 1 aliphatic heterocycles. The van der Waals surface area contributed by atoms with Gasteiger partial charge in [0.25, 0.3) is 0 Å². The molecule has 1 N–H and O–H groups in total. The molecule has 1 aliphatic rings. The van der Waals surface area contributed by atoms with Crippen LogP contribution in [-0.4, -0.2) is 16.2 Å². The van der Waals surface area contributed by atoms with Crippen molar-refractivity contribution in [1.29, 1.82) is 0 Å². The van der Waals surface area contributed by atoms with Gasteiger partial charge in [0.15, 0.2) is 7.28 Å². The molecule has 0 saturated heterocycles. The van der Waals surface area contributed by atoms with E-state index in [1.54, 1.807) is 0 Å². The van der Waals surface area contributed by atoms with Crippen LogP contribution in [0.15, 0.2) is 133 Å². The van der Waals surface area contributed by atoms with Crippen molar-refractivity contribution in [3.63, 3.8) is 0 Å². The summed E-state index contributed by atoms with van der Waals surface area (Å²) < 4.78 is 4.98. The molecule has 0 atom stereocenters. The van der Waals surface area contributed by atoms with Crippen molar-refractivity contribution in [2.45, 2.75) is 13.8 Å². The van der Waals surface area contributed by atoms with Crippen molar-refractivity contribution in [3.8, 4) is 16.8 Å². The molecule has 48 heavy (non-hydrogen) atoms. The van der Waals surface area contributed by atoms with E-state index in [0.717, 1.165) is 11.4 Å². The van der Waals surface area contributed by atoms with Crippen LogP contribution in [0.3, 0.4) is 0 Å². The van der Waals surface area contributed by atoms with Gasteiger partial charge in [-0.15, -0.1) is 0 Å². The highest BCUT2D eigenvalue weighted by Crippen LogP contribution is 2.44. The number of rotatable bonds is 3. The average Bonchev–Trinajstić information content (AvgIpc) is 3.75. The Morgan fingerprint density at radius 3 is 2.00 bits per heavy atom. The lowest BCUT2D eigenvalue weighted by atomic mass is 9.59. The molecule has 4 heterocycles. The second-order valence-electron chi connectivity index (χ2n) is 13.4. The molecule has 0 saturated carbocycles. The first kappa shape index (κ1) is 26.1. The van der Waals surface area contributed by atoms with Gasteiger partial charge >= 0.3 is 0 Å². The zero-order chi connectivity index (χ0) is 31.7. The molecule has 0 spiro atoms. The molecule has 0 fully saturated rings. The van der Waals surface area contributed by atoms with Crippen LogP contribution in [-0.2, 0) is 0 Å². The highest BCUT2D eigenvalue weighted by Gasteiger charge is 2.27. The van der Waals surface area contributed by atoms with Crippen molar-refractivity contribution in [2.24, 2.45) is 0 Å². The van der Waals surface area contributed by atoms with Crippen molar-refractivity contribution in [1.82, 2.24) is 8.97 Å². The number of hydrogen-bond donors (Lipinski definition) is 1. The summed E-state index contributed by atoms with van der Waals surface area (Å²) in [6.07, 6.45) is 0. The second kappa shape index (κ2) is 9.30. The summed E-state index contributed by atoms with van der Waals surface area (Å²) in [5.41, 5.74) is 17.1. The maximum atomic E-state index is 3.92. The Bertz CT molecular complexity index is 2980. The quantitative estimate of drug-likeness (QED) is 0.198. The van der Waals surface area contributed by atoms with Gasteiger partial charge in [-0.25, -0.2) is 0 Å². The van der Waals surface area contributed by atoms with E-state index < -0.39 is 0 Å². The van der Waals surface area contributed by atoms with Gasteiger partial charge in [0, 0.05) is 60.5 Å². The van der Waals surface area contributed by atoms with Gasteiger partial charge in [0.05, 0.1) is 22.1 Å². The lowest BCUT2D eigenvalue weighted by molar-refractivity contribution is 1.18. The number of benzene rings is 7. The maximum absolute atomic E-state index is 3.92. The Labute approximate surface area is 278 Å². The monoisotopic (exact) mass is 610 g/mol. The van der Waals surface area contributed by atoms with E-state index in [1.807, 2.05) is 0 Å². The van der Waals surface area contributed by atoms with Crippen molar-refractivity contribution >= 4 is 89.5 Å². The third kappa shape index (κ3) is 3.34. The third-order valence-electron chi connectivity index (χ3n) is 10.6. The number of aromatic nitrogens is 2. The molecule has 223 valence electrons. The summed E-state index contributed by atoms with van der Waals surface area (Å²) in [6, 6.07) is 49.3. The van der Waals surface area contributed by atoms with Crippen LogP contribution in [0.2, 0.25) is 0 Å². The van der Waals surface area contributed by atoms with Crippen molar-refractivity contribution < 1.29 is 0 Å². The molecule has 7 aromatic carbocycles. The minimum atomic E-state index is 1.11. The molecule has 0 aliphatic carbocycles. The molecule has 4 heteroatoms. The number of anilines is 2. The number of nitrogens with one attached hydrogen (secondary N) is 1. The van der Waals surface area contributed by atoms with Crippen LogP contribution in [0.1, 0.15) is 11.1 Å². The second-order valence-corrected chi connectivity index (χ2v) is 13.4. The molecular formula is C44H29BN3. The van der Waals surface area contributed by atoms with E-state index in [9.17, 15) is 0 Å². The molecule has 11 rings (SSSR count). The molecule has 0 unspecified atom stereocenters. The van der Waals surface area contributed by atoms with Gasteiger partial charge in [-0.05, 0) is 72.4 Å². The fraction of sp³-hybridized carbons (Fsp3) is 0.0455. The van der Waals surface area contributed by atoms with Crippen LogP contribution < -0.4 is 16.2 Å². The first-order valence-corrected chi connectivity index (χ1v) is 16.7. The molecule has 3 aromatic heterocycles. The van der Waals surface area contributed by atoms with Crippen LogP contribution in [0, 0.1) is 13.8 Å². The average molecular weight is 611 g/mol. The minimum absolute atomic E-state index is 1.11. The SMILES string of the molecule is Cc1cc(-c2cc3c(cc2Nc2ccccc2C)c2cccc4c5ccccc5n3c42)c2c(c1)-n1c3ccccc3c3cccc(c31)[B]2. The molecule has 1 radical (unpaired) electrons. The predicted octanol–water partition coefficient (Wildman–Crippen LogP) is 9.93. The fourth-order valence-electron chi connectivity index (χ4n) is 8.56. The van der Waals surface area contributed by atoms with Gasteiger partial charge in [0.1, 0.15) is 0 Å². The first-order valence-electron chi connectivity index (χ1n) is 16.7. The van der Waals surface area contributed by atoms with Crippen LogP contribution in [0.25, 0.3) is 76.7 Å². The Balaban J connectivity index is 1.27. The standard InChI is InChI=1S/C44H29BN3/c1-25-21-34(42-41(22-25)48-39-20-8-5-13-28(39)30-16-10-17-35(45-42)44(30)48)32-24-40-33(23-37(32)46-36-18-6-3-11-26(36)2)31-15-9-14-29-27-12-4-7-19-38(27)47(40)43(29)31/h3-24,46H,1-2H3. The number of para-hydroxylation sites is 5. The summed E-state index contributed by atoms with van der Waals surface area (Å²) in [5.74, 6) is 0. The van der Waals surface area contributed by atoms with Crippen LogP contribution in [0.5, 0.6) is 0 Å². The molecule has 3 nitrogen and oxygen atoms in total. The molecule has 0 bridgehead atoms. The van der Waals surface area contributed by atoms with Crippen molar-refractivity contribution in [2.75, 3.05) is 5.32 Å². The highest BCUT2D eigenvalue weighted by molar-refractivity contribution is 6.73. The summed E-state index contributed by atoms with van der Waals surface area (Å²) in [4.78, 5) is 0. The number of nitrogens with zero attached hydrogens (tertiary/aromatic N) is 2. The number of hydrogen-bond acceptors (Lipinski definition) is 1. The van der Waals surface area contributed by atoms with Gasteiger partial charge < -0.3 is 14.3 Å². The van der Waals surface area contributed by atoms with Gasteiger partial charge in [-0.3, -0.25) is 0 Å². The van der Waals surface area contributed by atoms with Gasteiger partial charge in [0.2, 0.25) is 0 Å². The van der Waals surface area contributed by atoms with Crippen LogP contribution >= 0.6 is 0 Å². The summed E-state index contributed by atoms with van der Waals surface area (Å²) in [5, 5.41) is 11.6. The highest BCUT2D eigenvalue weighted by atomic mass is 15.0. The van der Waals surface area contributed by atoms with E-state index in [1.165, 1.54) is 98.8 Å². The lowest BCUT2D eigenvalue weighted by Crippen LogP contribution is -2.37. The summed E-state index contributed by atoms with van der Waals surface area (Å²) in [6.45, 7) is 4.41. The number of fused-ring (bicyclic) bond motifs is 11. The third-order valence-corrected chi connectivity index (χ3v) is 10.6. The Hall–Kier alpha value is -6.00. The number of aryl methyl sites for hydroxylation is 2. The van der Waals surface area contributed by atoms with Crippen LogP contribution in [0.4, 0.5) is 11.4 Å². The van der Waals surface area contributed by atoms with E-state index in [2.05, 4.69) is 169 Å². The minimum Gasteiger partial charge on any atom is -0.355 e. The zero-order valence-electron chi connectivity index (χ0n) is 26.7. The Morgan fingerprint density at radius 1 is 0.500 bits per heavy atom. The molecular weight excluding hydrogens is 581 g/mol. The van der Waals surface area contributed by atoms with E-state index in [0.29, 0.717) is 0 Å². The Morgan fingerprint density at radius 2 is 1.17 bits per heavy atom. The van der Waals surface area contributed by atoms with E-state index in [-0.39, 0.29) is 0 Å². The predicted molar refractivity (Wildman–Crippen MR) is 205 cm³/mol. The molecule has 0 amide bonds. The zero-order valence-corrected chi connectivity index (χ0v) is 26.7. The van der Waals surface area contributed by atoms with Gasteiger partial charge in [-0.1, -0.05) is 103 Å². The smallest absolute Gasteiger partial charge is 0.197 e. The lowest BCUT2D eigenvalue weighted by Gasteiger charge is -2.25. The maximum Gasteiger partial charge on any atom is 0.197 e. The normalized spacial score (nSPS) is 12.5. The largest absolute Gasteiger partial charge is 0.355 e.